The van der Waals surface area contributed by atoms with Crippen molar-refractivity contribution < 1.29 is 14.8 Å². The van der Waals surface area contributed by atoms with E-state index in [2.05, 4.69) is 10.6 Å². The predicted octanol–water partition coefficient (Wildman–Crippen LogP) is 4.03. The molecule has 8 nitrogen and oxygen atoms in total. The zero-order valence-electron chi connectivity index (χ0n) is 16.9. The molecule has 0 spiro atoms. The standard InChI is InChI=1S/C21H24N4O4S/c1-13-10-16(19(26)11-14(13)2)22-21(30)23-20(27)15-6-7-17(18(12-15)25(28)29)24-8-4-3-5-9-24/h6-7,10-12,26H,3-5,8-9H2,1-2H3,(H2,22,23,27,30). The van der Waals surface area contributed by atoms with Crippen molar-refractivity contribution in [2.24, 2.45) is 0 Å². The summed E-state index contributed by atoms with van der Waals surface area (Å²) >= 11 is 5.16. The number of nitro groups is 1. The van der Waals surface area contributed by atoms with Gasteiger partial charge >= 0.3 is 0 Å². The fourth-order valence-corrected chi connectivity index (χ4v) is 3.65. The normalized spacial score (nSPS) is 13.6. The third kappa shape index (κ3) is 4.85. The highest BCUT2D eigenvalue weighted by Crippen LogP contribution is 2.31. The van der Waals surface area contributed by atoms with Gasteiger partial charge in [-0.2, -0.15) is 0 Å². The van der Waals surface area contributed by atoms with Crippen LogP contribution in [0.3, 0.4) is 0 Å². The number of thiocarbonyl (C=S) groups is 1. The molecule has 0 bridgehead atoms. The van der Waals surface area contributed by atoms with E-state index < -0.39 is 10.8 Å². The van der Waals surface area contributed by atoms with Crippen LogP contribution in [0.25, 0.3) is 0 Å². The topological polar surface area (TPSA) is 108 Å². The van der Waals surface area contributed by atoms with Crippen LogP contribution in [-0.2, 0) is 0 Å². The molecule has 0 aliphatic carbocycles. The molecule has 158 valence electrons. The molecule has 3 rings (SSSR count). The highest BCUT2D eigenvalue weighted by Gasteiger charge is 2.23. The second kappa shape index (κ2) is 9.08. The van der Waals surface area contributed by atoms with E-state index >= 15 is 0 Å². The molecule has 9 heteroatoms. The zero-order chi connectivity index (χ0) is 21.8. The molecule has 3 N–H and O–H groups in total. The summed E-state index contributed by atoms with van der Waals surface area (Å²) in [6.07, 6.45) is 3.10. The van der Waals surface area contributed by atoms with Gasteiger partial charge in [0.05, 0.1) is 10.6 Å². The van der Waals surface area contributed by atoms with Gasteiger partial charge in [-0.05, 0) is 80.7 Å². The fourth-order valence-electron chi connectivity index (χ4n) is 3.44. The first-order chi connectivity index (χ1) is 14.3. The number of piperidine rings is 1. The second-order valence-electron chi connectivity index (χ2n) is 7.37. The number of carbonyl (C=O) groups is 1. The Labute approximate surface area is 180 Å². The van der Waals surface area contributed by atoms with Gasteiger partial charge in [-0.25, -0.2) is 0 Å². The third-order valence-corrected chi connectivity index (χ3v) is 5.42. The van der Waals surface area contributed by atoms with Gasteiger partial charge in [-0.15, -0.1) is 0 Å². The lowest BCUT2D eigenvalue weighted by atomic mass is 10.1. The first-order valence-electron chi connectivity index (χ1n) is 9.72. The Hall–Kier alpha value is -3.20. The summed E-state index contributed by atoms with van der Waals surface area (Å²) in [4.78, 5) is 25.7. The van der Waals surface area contributed by atoms with Gasteiger partial charge in [-0.3, -0.25) is 20.2 Å². The Balaban J connectivity index is 1.74. The number of nitrogens with zero attached hydrogens (tertiary/aromatic N) is 2. The van der Waals surface area contributed by atoms with Crippen molar-refractivity contribution in [3.63, 3.8) is 0 Å². The van der Waals surface area contributed by atoms with Crippen molar-refractivity contribution in [3.05, 3.63) is 57.1 Å². The molecule has 0 radical (unpaired) electrons. The van der Waals surface area contributed by atoms with Crippen LogP contribution in [0.4, 0.5) is 17.1 Å². The minimum Gasteiger partial charge on any atom is -0.506 e. The summed E-state index contributed by atoms with van der Waals surface area (Å²) < 4.78 is 0. The summed E-state index contributed by atoms with van der Waals surface area (Å²) in [6, 6.07) is 7.77. The molecule has 1 amide bonds. The monoisotopic (exact) mass is 428 g/mol. The van der Waals surface area contributed by atoms with E-state index in [4.69, 9.17) is 12.2 Å². The van der Waals surface area contributed by atoms with Crippen molar-refractivity contribution in [2.45, 2.75) is 33.1 Å². The molecule has 2 aromatic carbocycles. The van der Waals surface area contributed by atoms with Gasteiger partial charge < -0.3 is 15.3 Å². The first-order valence-corrected chi connectivity index (χ1v) is 10.1. The van der Waals surface area contributed by atoms with Gasteiger partial charge in [0.2, 0.25) is 0 Å². The smallest absolute Gasteiger partial charge is 0.293 e. The molecule has 0 saturated carbocycles. The Bertz CT molecular complexity index is 1000. The lowest BCUT2D eigenvalue weighted by Crippen LogP contribution is -2.34. The number of aromatic hydroxyl groups is 1. The summed E-state index contributed by atoms with van der Waals surface area (Å²) in [5.74, 6) is -0.555. The van der Waals surface area contributed by atoms with Crippen LogP contribution in [0, 0.1) is 24.0 Å². The Morgan fingerprint density at radius 2 is 1.80 bits per heavy atom. The average molecular weight is 429 g/mol. The van der Waals surface area contributed by atoms with E-state index in [1.54, 1.807) is 24.3 Å². The predicted molar refractivity (Wildman–Crippen MR) is 120 cm³/mol. The quantitative estimate of drug-likeness (QED) is 0.292. The summed E-state index contributed by atoms with van der Waals surface area (Å²) in [7, 11) is 0. The van der Waals surface area contributed by atoms with Gasteiger partial charge in [-0.1, -0.05) is 0 Å². The van der Waals surface area contributed by atoms with Crippen LogP contribution in [0.15, 0.2) is 30.3 Å². The zero-order valence-corrected chi connectivity index (χ0v) is 17.7. The number of phenolic OH excluding ortho intramolecular Hbond substituents is 1. The van der Waals surface area contributed by atoms with Crippen LogP contribution in [0.2, 0.25) is 0 Å². The summed E-state index contributed by atoms with van der Waals surface area (Å²) in [6.45, 7) is 5.30. The minimum absolute atomic E-state index is 0.0104. The average Bonchev–Trinajstić information content (AvgIpc) is 2.72. The third-order valence-electron chi connectivity index (χ3n) is 5.22. The Morgan fingerprint density at radius 1 is 1.13 bits per heavy atom. The summed E-state index contributed by atoms with van der Waals surface area (Å²) in [5, 5.41) is 26.9. The van der Waals surface area contributed by atoms with Gasteiger partial charge in [0.25, 0.3) is 11.6 Å². The molecule has 0 unspecified atom stereocenters. The number of nitro benzene ring substituents is 1. The van der Waals surface area contributed by atoms with Crippen LogP contribution >= 0.6 is 12.2 Å². The van der Waals surface area contributed by atoms with E-state index in [-0.39, 0.29) is 22.1 Å². The number of carbonyl (C=O) groups excluding carboxylic acids is 1. The molecule has 1 aliphatic heterocycles. The maximum atomic E-state index is 12.6. The van der Waals surface area contributed by atoms with Crippen LogP contribution < -0.4 is 15.5 Å². The number of phenols is 1. The van der Waals surface area contributed by atoms with E-state index in [9.17, 15) is 20.0 Å². The Morgan fingerprint density at radius 3 is 2.47 bits per heavy atom. The molecule has 0 atom stereocenters. The van der Waals surface area contributed by atoms with E-state index in [0.717, 1.165) is 43.5 Å². The van der Waals surface area contributed by atoms with Gasteiger partial charge in [0, 0.05) is 24.7 Å². The number of aryl methyl sites for hydroxylation is 2. The largest absolute Gasteiger partial charge is 0.506 e. The summed E-state index contributed by atoms with van der Waals surface area (Å²) in [5.41, 5.74) is 2.81. The van der Waals surface area contributed by atoms with Crippen LogP contribution in [0.5, 0.6) is 5.75 Å². The van der Waals surface area contributed by atoms with Gasteiger partial charge in [0.1, 0.15) is 11.4 Å². The molecule has 1 saturated heterocycles. The molecular formula is C21H24N4O4S. The highest BCUT2D eigenvalue weighted by molar-refractivity contribution is 7.80. The number of hydrogen-bond acceptors (Lipinski definition) is 6. The maximum absolute atomic E-state index is 12.6. The lowest BCUT2D eigenvalue weighted by Gasteiger charge is -2.28. The number of hydrogen-bond donors (Lipinski definition) is 3. The van der Waals surface area contributed by atoms with Crippen molar-refractivity contribution in [3.8, 4) is 5.75 Å². The number of anilines is 2. The van der Waals surface area contributed by atoms with Gasteiger partial charge in [0.15, 0.2) is 5.11 Å². The van der Waals surface area contributed by atoms with Crippen LogP contribution in [-0.4, -0.2) is 34.1 Å². The van der Waals surface area contributed by atoms with Crippen molar-refractivity contribution in [1.29, 1.82) is 0 Å². The number of nitrogens with one attached hydrogen (secondary N) is 2. The van der Waals surface area contributed by atoms with Crippen molar-refractivity contribution in [2.75, 3.05) is 23.3 Å². The minimum atomic E-state index is -0.566. The Kier molecular flexibility index (Phi) is 6.51. The second-order valence-corrected chi connectivity index (χ2v) is 7.78. The highest BCUT2D eigenvalue weighted by atomic mass is 32.1. The SMILES string of the molecule is Cc1cc(O)c(NC(=S)NC(=O)c2ccc(N3CCCCC3)c([N+](=O)[O-])c2)cc1C. The first kappa shape index (κ1) is 21.5. The molecule has 2 aromatic rings. The number of rotatable bonds is 4. The number of benzene rings is 2. The number of amides is 1. The van der Waals surface area contributed by atoms with Crippen LogP contribution in [0.1, 0.15) is 40.7 Å². The van der Waals surface area contributed by atoms with Crippen molar-refractivity contribution in [1.82, 2.24) is 5.32 Å². The van der Waals surface area contributed by atoms with E-state index in [1.807, 2.05) is 18.7 Å². The molecule has 1 fully saturated rings. The molecule has 30 heavy (non-hydrogen) atoms. The fraction of sp³-hybridized carbons (Fsp3) is 0.333. The molecule has 1 heterocycles. The van der Waals surface area contributed by atoms with E-state index in [1.165, 1.54) is 6.07 Å². The van der Waals surface area contributed by atoms with Crippen molar-refractivity contribution >= 4 is 40.3 Å². The molecule has 1 aliphatic rings. The molecular weight excluding hydrogens is 404 g/mol. The maximum Gasteiger partial charge on any atom is 0.293 e. The lowest BCUT2D eigenvalue weighted by molar-refractivity contribution is -0.384. The van der Waals surface area contributed by atoms with E-state index in [0.29, 0.717) is 11.4 Å². The molecule has 0 aromatic heterocycles.